The Morgan fingerprint density at radius 1 is 1.43 bits per heavy atom. The summed E-state index contributed by atoms with van der Waals surface area (Å²) >= 11 is 0. The van der Waals surface area contributed by atoms with Crippen molar-refractivity contribution in [2.45, 2.75) is 38.9 Å². The normalized spacial score (nSPS) is 18.8. The van der Waals surface area contributed by atoms with Gasteiger partial charge in [-0.05, 0) is 39.3 Å². The van der Waals surface area contributed by atoms with Crippen LogP contribution in [0.4, 0.5) is 4.79 Å². The van der Waals surface area contributed by atoms with Crippen LogP contribution in [0.15, 0.2) is 22.8 Å². The molecule has 1 saturated heterocycles. The minimum Gasteiger partial charge on any atom is -0.461 e. The third kappa shape index (κ3) is 4.60. The fourth-order valence-corrected chi connectivity index (χ4v) is 2.06. The van der Waals surface area contributed by atoms with Gasteiger partial charge in [0.2, 0.25) is 5.78 Å². The predicted molar refractivity (Wildman–Crippen MR) is 75.2 cm³/mol. The van der Waals surface area contributed by atoms with Gasteiger partial charge in [0.1, 0.15) is 12.2 Å². The van der Waals surface area contributed by atoms with Crippen LogP contribution in [-0.2, 0) is 9.47 Å². The zero-order valence-electron chi connectivity index (χ0n) is 12.6. The van der Waals surface area contributed by atoms with Gasteiger partial charge in [0.05, 0.1) is 18.9 Å². The molecule has 0 spiro atoms. The van der Waals surface area contributed by atoms with Crippen LogP contribution >= 0.6 is 0 Å². The first-order chi connectivity index (χ1) is 9.85. The summed E-state index contributed by atoms with van der Waals surface area (Å²) in [6.45, 7) is 6.47. The molecule has 6 nitrogen and oxygen atoms in total. The molecule has 1 aromatic heterocycles. The average molecular weight is 295 g/mol. The van der Waals surface area contributed by atoms with Gasteiger partial charge in [-0.25, -0.2) is 4.79 Å². The van der Waals surface area contributed by atoms with Crippen molar-refractivity contribution in [2.24, 2.45) is 0 Å². The highest BCUT2D eigenvalue weighted by molar-refractivity contribution is 5.94. The lowest BCUT2D eigenvalue weighted by Crippen LogP contribution is -2.36. The fourth-order valence-electron chi connectivity index (χ4n) is 2.06. The summed E-state index contributed by atoms with van der Waals surface area (Å²) in [6, 6.07) is 3.26. The number of rotatable bonds is 4. The van der Waals surface area contributed by atoms with Crippen molar-refractivity contribution in [2.75, 3.05) is 19.7 Å². The number of nitrogens with zero attached hydrogens (tertiary/aromatic N) is 1. The van der Waals surface area contributed by atoms with Gasteiger partial charge in [-0.2, -0.15) is 0 Å². The van der Waals surface area contributed by atoms with Crippen LogP contribution in [0, 0.1) is 0 Å². The van der Waals surface area contributed by atoms with Crippen LogP contribution in [-0.4, -0.2) is 48.2 Å². The van der Waals surface area contributed by atoms with Crippen LogP contribution < -0.4 is 0 Å². The molecule has 0 unspecified atom stereocenters. The van der Waals surface area contributed by atoms with E-state index in [2.05, 4.69) is 0 Å². The SMILES string of the molecule is CC(C)(C)OC(=O)N1CC[C@H](OCC(=O)c2ccco2)C1. The molecule has 1 aliphatic heterocycles. The molecule has 0 bridgehead atoms. The Morgan fingerprint density at radius 3 is 2.81 bits per heavy atom. The van der Waals surface area contributed by atoms with Gasteiger partial charge >= 0.3 is 6.09 Å². The number of hydrogen-bond acceptors (Lipinski definition) is 5. The lowest BCUT2D eigenvalue weighted by molar-refractivity contribution is 0.0215. The van der Waals surface area contributed by atoms with E-state index in [9.17, 15) is 9.59 Å². The van der Waals surface area contributed by atoms with E-state index in [1.165, 1.54) is 6.26 Å². The second kappa shape index (κ2) is 6.30. The zero-order chi connectivity index (χ0) is 15.5. The third-order valence-electron chi connectivity index (χ3n) is 3.04. The van der Waals surface area contributed by atoms with E-state index in [1.54, 1.807) is 17.0 Å². The summed E-state index contributed by atoms with van der Waals surface area (Å²) in [7, 11) is 0. The number of Topliss-reactive ketones (excluding diaryl/α,β-unsaturated/α-hetero) is 1. The average Bonchev–Trinajstić information content (AvgIpc) is 3.05. The number of likely N-dealkylation sites (tertiary alicyclic amines) is 1. The molecule has 2 heterocycles. The van der Waals surface area contributed by atoms with Crippen molar-refractivity contribution < 1.29 is 23.5 Å². The molecule has 6 heteroatoms. The highest BCUT2D eigenvalue weighted by Gasteiger charge is 2.30. The summed E-state index contributed by atoms with van der Waals surface area (Å²) in [4.78, 5) is 25.2. The Labute approximate surface area is 124 Å². The topological polar surface area (TPSA) is 69.0 Å². The van der Waals surface area contributed by atoms with E-state index < -0.39 is 5.60 Å². The summed E-state index contributed by atoms with van der Waals surface area (Å²) in [5.41, 5.74) is -0.509. The molecular weight excluding hydrogens is 274 g/mol. The van der Waals surface area contributed by atoms with Crippen molar-refractivity contribution in [3.63, 3.8) is 0 Å². The number of ether oxygens (including phenoxy) is 2. The number of carbonyl (C=O) groups is 2. The van der Waals surface area contributed by atoms with Gasteiger partial charge in [-0.3, -0.25) is 4.79 Å². The Morgan fingerprint density at radius 2 is 2.19 bits per heavy atom. The standard InChI is InChI=1S/C15H21NO5/c1-15(2,3)21-14(18)16-7-6-11(9-16)20-10-12(17)13-5-4-8-19-13/h4-5,8,11H,6-7,9-10H2,1-3H3/t11-/m0/s1. The summed E-state index contributed by atoms with van der Waals surface area (Å²) in [6.07, 6.45) is 1.67. The summed E-state index contributed by atoms with van der Waals surface area (Å²) < 4.78 is 15.9. The lowest BCUT2D eigenvalue weighted by atomic mass is 10.2. The van der Waals surface area contributed by atoms with E-state index in [1.807, 2.05) is 20.8 Å². The highest BCUT2D eigenvalue weighted by Crippen LogP contribution is 2.17. The van der Waals surface area contributed by atoms with E-state index >= 15 is 0 Å². The van der Waals surface area contributed by atoms with Gasteiger partial charge in [0.15, 0.2) is 5.76 Å². The maximum absolute atomic E-state index is 11.9. The maximum atomic E-state index is 11.9. The molecule has 0 saturated carbocycles. The predicted octanol–water partition coefficient (Wildman–Crippen LogP) is 2.49. The summed E-state index contributed by atoms with van der Waals surface area (Å²) in [5.74, 6) is 0.0905. The van der Waals surface area contributed by atoms with Gasteiger partial charge in [0, 0.05) is 6.54 Å². The number of amides is 1. The molecule has 0 radical (unpaired) electrons. The third-order valence-corrected chi connectivity index (χ3v) is 3.04. The summed E-state index contributed by atoms with van der Waals surface area (Å²) in [5, 5.41) is 0. The first kappa shape index (κ1) is 15.6. The zero-order valence-corrected chi connectivity index (χ0v) is 12.6. The van der Waals surface area contributed by atoms with Crippen molar-refractivity contribution in [3.05, 3.63) is 24.2 Å². The Kier molecular flexibility index (Phi) is 4.67. The molecule has 0 aliphatic carbocycles. The van der Waals surface area contributed by atoms with Gasteiger partial charge < -0.3 is 18.8 Å². The van der Waals surface area contributed by atoms with E-state index in [-0.39, 0.29) is 30.3 Å². The van der Waals surface area contributed by atoms with E-state index in [0.29, 0.717) is 19.5 Å². The molecule has 0 aromatic carbocycles. The quantitative estimate of drug-likeness (QED) is 0.798. The molecule has 21 heavy (non-hydrogen) atoms. The Bertz CT molecular complexity index is 489. The van der Waals surface area contributed by atoms with Crippen molar-refractivity contribution >= 4 is 11.9 Å². The van der Waals surface area contributed by atoms with Crippen LogP contribution in [0.1, 0.15) is 37.7 Å². The largest absolute Gasteiger partial charge is 0.461 e. The first-order valence-electron chi connectivity index (χ1n) is 7.01. The molecule has 1 aromatic rings. The Balaban J connectivity index is 1.75. The van der Waals surface area contributed by atoms with Crippen LogP contribution in [0.2, 0.25) is 0 Å². The second-order valence-corrected chi connectivity index (χ2v) is 6.05. The second-order valence-electron chi connectivity index (χ2n) is 6.05. The smallest absolute Gasteiger partial charge is 0.410 e. The fraction of sp³-hybridized carbons (Fsp3) is 0.600. The van der Waals surface area contributed by atoms with Crippen LogP contribution in [0.5, 0.6) is 0 Å². The number of carbonyl (C=O) groups excluding carboxylic acids is 2. The van der Waals surface area contributed by atoms with Crippen molar-refractivity contribution in [3.8, 4) is 0 Å². The number of furan rings is 1. The molecule has 1 fully saturated rings. The van der Waals surface area contributed by atoms with Gasteiger partial charge in [-0.15, -0.1) is 0 Å². The molecule has 1 aliphatic rings. The molecule has 2 rings (SSSR count). The van der Waals surface area contributed by atoms with Gasteiger partial charge in [0.25, 0.3) is 0 Å². The molecule has 1 atom stereocenters. The van der Waals surface area contributed by atoms with E-state index in [4.69, 9.17) is 13.9 Å². The van der Waals surface area contributed by atoms with Crippen molar-refractivity contribution in [1.29, 1.82) is 0 Å². The number of ketones is 1. The molecule has 1 amide bonds. The van der Waals surface area contributed by atoms with Crippen LogP contribution in [0.25, 0.3) is 0 Å². The lowest BCUT2D eigenvalue weighted by Gasteiger charge is -2.24. The molecule has 0 N–H and O–H groups in total. The number of hydrogen-bond donors (Lipinski definition) is 0. The minimum atomic E-state index is -0.509. The molecule has 116 valence electrons. The van der Waals surface area contributed by atoms with Crippen LogP contribution in [0.3, 0.4) is 0 Å². The molecular formula is C15H21NO5. The van der Waals surface area contributed by atoms with E-state index in [0.717, 1.165) is 0 Å². The monoisotopic (exact) mass is 295 g/mol. The Hall–Kier alpha value is -1.82. The first-order valence-corrected chi connectivity index (χ1v) is 7.01. The highest BCUT2D eigenvalue weighted by atomic mass is 16.6. The minimum absolute atomic E-state index is 0.0413. The maximum Gasteiger partial charge on any atom is 0.410 e. The van der Waals surface area contributed by atoms with Gasteiger partial charge in [-0.1, -0.05) is 0 Å². The van der Waals surface area contributed by atoms with Crippen molar-refractivity contribution in [1.82, 2.24) is 4.90 Å².